The second kappa shape index (κ2) is 7.63. The highest BCUT2D eigenvalue weighted by Gasteiger charge is 2.29. The number of imidazole rings is 1. The molecule has 0 amide bonds. The molecule has 3 aromatic rings. The van der Waals surface area contributed by atoms with Gasteiger partial charge in [0.2, 0.25) is 10.0 Å². The van der Waals surface area contributed by atoms with E-state index >= 15 is 0 Å². The maximum Gasteiger partial charge on any atom is 0.229 e. The molecule has 2 aromatic carbocycles. The lowest BCUT2D eigenvalue weighted by molar-refractivity contribution is 0.607. The third-order valence-electron chi connectivity index (χ3n) is 5.08. The molecule has 7 nitrogen and oxygen atoms in total. The molecule has 8 heteroatoms. The van der Waals surface area contributed by atoms with Crippen molar-refractivity contribution in [2.45, 2.75) is 19.9 Å². The van der Waals surface area contributed by atoms with E-state index in [4.69, 9.17) is 9.98 Å². The van der Waals surface area contributed by atoms with Crippen LogP contribution in [0.25, 0.3) is 28.2 Å². The predicted octanol–water partition coefficient (Wildman–Crippen LogP) is 4.93. The van der Waals surface area contributed by atoms with Gasteiger partial charge in [-0.05, 0) is 50.4 Å². The second-order valence-corrected chi connectivity index (χ2v) is 9.30. The molecule has 31 heavy (non-hydrogen) atoms. The van der Waals surface area contributed by atoms with E-state index in [1.165, 1.54) is 0 Å². The first-order chi connectivity index (χ1) is 14.7. The van der Waals surface area contributed by atoms with Gasteiger partial charge in [0.1, 0.15) is 5.82 Å². The number of para-hydroxylation sites is 1. The molecule has 1 aliphatic rings. The number of hydrogen-bond donors (Lipinski definition) is 1. The lowest BCUT2D eigenvalue weighted by atomic mass is 10.1. The summed E-state index contributed by atoms with van der Waals surface area (Å²) < 4.78 is 27.6. The minimum atomic E-state index is -3.35. The number of nitrogens with zero attached hydrogens (tertiary/aromatic N) is 4. The normalized spacial score (nSPS) is 15.3. The fourth-order valence-corrected chi connectivity index (χ4v) is 4.34. The molecule has 1 atom stereocenters. The highest BCUT2D eigenvalue weighted by molar-refractivity contribution is 7.92. The van der Waals surface area contributed by atoms with Gasteiger partial charge in [-0.3, -0.25) is 4.72 Å². The molecule has 1 unspecified atom stereocenters. The Morgan fingerprint density at radius 1 is 1.16 bits per heavy atom. The van der Waals surface area contributed by atoms with Gasteiger partial charge in [0, 0.05) is 16.8 Å². The number of allylic oxidation sites excluding steroid dienone is 1. The van der Waals surface area contributed by atoms with Crippen LogP contribution < -0.4 is 4.72 Å². The summed E-state index contributed by atoms with van der Waals surface area (Å²) in [5.41, 5.74) is 5.52. The second-order valence-electron chi connectivity index (χ2n) is 7.56. The zero-order valence-corrected chi connectivity index (χ0v) is 18.4. The van der Waals surface area contributed by atoms with Crippen LogP contribution in [-0.2, 0) is 10.0 Å². The van der Waals surface area contributed by atoms with Crippen molar-refractivity contribution in [1.82, 2.24) is 9.55 Å². The number of sulfonamides is 1. The first-order valence-corrected chi connectivity index (χ1v) is 11.6. The maximum absolute atomic E-state index is 11.5. The molecule has 158 valence electrons. The van der Waals surface area contributed by atoms with Gasteiger partial charge in [-0.25, -0.2) is 23.4 Å². The topological polar surface area (TPSA) is 88.7 Å². The number of anilines is 1. The Labute approximate surface area is 182 Å². The van der Waals surface area contributed by atoms with Gasteiger partial charge >= 0.3 is 0 Å². The van der Waals surface area contributed by atoms with E-state index in [2.05, 4.69) is 27.6 Å². The van der Waals surface area contributed by atoms with Gasteiger partial charge in [-0.15, -0.1) is 0 Å². The van der Waals surface area contributed by atoms with E-state index < -0.39 is 10.0 Å². The van der Waals surface area contributed by atoms with Crippen LogP contribution in [-0.4, -0.2) is 36.8 Å². The van der Waals surface area contributed by atoms with Crippen molar-refractivity contribution < 1.29 is 8.42 Å². The lowest BCUT2D eigenvalue weighted by Gasteiger charge is -2.18. The van der Waals surface area contributed by atoms with Gasteiger partial charge in [-0.1, -0.05) is 30.8 Å². The molecule has 0 saturated heterocycles. The first kappa shape index (κ1) is 20.7. The van der Waals surface area contributed by atoms with Crippen LogP contribution >= 0.6 is 0 Å². The summed E-state index contributed by atoms with van der Waals surface area (Å²) in [6, 6.07) is 14.7. The van der Waals surface area contributed by atoms with E-state index in [0.29, 0.717) is 11.5 Å². The standard InChI is InChI=1S/C23H23N5O2S/c1-14(2)21-20(16-10-12-17(13-11-16)27-31(5,29)30)26-23-18-8-6-7-9-19(18)25-22(24-4)15(3)28(21)23/h6-13,15,27H,1,4H2,2-3,5H3. The van der Waals surface area contributed by atoms with Crippen LogP contribution in [0.3, 0.4) is 0 Å². The molecule has 0 spiro atoms. The highest BCUT2D eigenvalue weighted by Crippen LogP contribution is 2.41. The molecule has 2 heterocycles. The summed E-state index contributed by atoms with van der Waals surface area (Å²) in [5.74, 6) is 1.38. The molecule has 0 radical (unpaired) electrons. The van der Waals surface area contributed by atoms with Gasteiger partial charge in [-0.2, -0.15) is 0 Å². The lowest BCUT2D eigenvalue weighted by Crippen LogP contribution is -2.16. The number of fused-ring (bicyclic) bond motifs is 3. The van der Waals surface area contributed by atoms with Crippen LogP contribution in [0, 0.1) is 0 Å². The fraction of sp³-hybridized carbons (Fsp3) is 0.174. The smallest absolute Gasteiger partial charge is 0.229 e. The molecule has 4 rings (SSSR count). The summed E-state index contributed by atoms with van der Waals surface area (Å²) in [5, 5.41) is 0. The Kier molecular flexibility index (Phi) is 5.10. The Morgan fingerprint density at radius 3 is 2.45 bits per heavy atom. The van der Waals surface area contributed by atoms with Crippen molar-refractivity contribution >= 4 is 39.5 Å². The predicted molar refractivity (Wildman–Crippen MR) is 128 cm³/mol. The number of hydrogen-bond acceptors (Lipinski definition) is 5. The molecule has 1 aromatic heterocycles. The summed E-state index contributed by atoms with van der Waals surface area (Å²) in [6.07, 6.45) is 1.12. The zero-order chi connectivity index (χ0) is 22.3. The van der Waals surface area contributed by atoms with Crippen molar-refractivity contribution in [3.63, 3.8) is 0 Å². The monoisotopic (exact) mass is 433 g/mol. The average molecular weight is 434 g/mol. The van der Waals surface area contributed by atoms with Crippen molar-refractivity contribution in [3.05, 3.63) is 60.8 Å². The van der Waals surface area contributed by atoms with Gasteiger partial charge in [0.25, 0.3) is 0 Å². The summed E-state index contributed by atoms with van der Waals surface area (Å²) >= 11 is 0. The number of benzene rings is 2. The summed E-state index contributed by atoms with van der Waals surface area (Å²) in [7, 11) is -3.35. The van der Waals surface area contributed by atoms with Crippen molar-refractivity contribution in [2.24, 2.45) is 9.98 Å². The fourth-order valence-electron chi connectivity index (χ4n) is 3.78. The molecule has 0 aliphatic carbocycles. The number of aromatic nitrogens is 2. The molecular weight excluding hydrogens is 410 g/mol. The number of rotatable bonds is 4. The van der Waals surface area contributed by atoms with Crippen molar-refractivity contribution in [3.8, 4) is 22.6 Å². The molecule has 0 fully saturated rings. The molecular formula is C23H23N5O2S. The van der Waals surface area contributed by atoms with E-state index in [9.17, 15) is 8.42 Å². The zero-order valence-electron chi connectivity index (χ0n) is 17.6. The van der Waals surface area contributed by atoms with Gasteiger partial charge in [0.15, 0.2) is 5.84 Å². The Morgan fingerprint density at radius 2 is 1.84 bits per heavy atom. The Balaban J connectivity index is 1.94. The van der Waals surface area contributed by atoms with Crippen LogP contribution in [0.5, 0.6) is 0 Å². The highest BCUT2D eigenvalue weighted by atomic mass is 32.2. The third-order valence-corrected chi connectivity index (χ3v) is 5.69. The number of amidine groups is 1. The largest absolute Gasteiger partial charge is 0.313 e. The van der Waals surface area contributed by atoms with E-state index in [1.807, 2.05) is 50.2 Å². The molecule has 1 aliphatic heterocycles. The van der Waals surface area contributed by atoms with E-state index in [-0.39, 0.29) is 6.04 Å². The average Bonchev–Trinajstić information content (AvgIpc) is 3.07. The van der Waals surface area contributed by atoms with Crippen LogP contribution in [0.15, 0.2) is 65.1 Å². The Hall–Kier alpha value is -3.52. The van der Waals surface area contributed by atoms with Crippen LogP contribution in [0.4, 0.5) is 11.4 Å². The van der Waals surface area contributed by atoms with E-state index in [1.54, 1.807) is 12.1 Å². The van der Waals surface area contributed by atoms with Crippen molar-refractivity contribution in [1.29, 1.82) is 0 Å². The minimum Gasteiger partial charge on any atom is -0.313 e. The van der Waals surface area contributed by atoms with Gasteiger partial charge < -0.3 is 4.57 Å². The number of aliphatic imine (C=N–C) groups is 2. The quantitative estimate of drug-likeness (QED) is 0.592. The summed E-state index contributed by atoms with van der Waals surface area (Å²) in [4.78, 5) is 13.9. The molecule has 0 bridgehead atoms. The maximum atomic E-state index is 11.5. The van der Waals surface area contributed by atoms with Crippen LogP contribution in [0.1, 0.15) is 25.6 Å². The van der Waals surface area contributed by atoms with E-state index in [0.717, 1.165) is 45.9 Å². The van der Waals surface area contributed by atoms with Gasteiger partial charge in [0.05, 0.1) is 29.4 Å². The SMILES string of the molecule is C=NC1=Nc2ccccc2-c2nc(-c3ccc(NS(C)(=O)=O)cc3)c(C(=C)C)n2C1C. The number of nitrogens with one attached hydrogen (secondary N) is 1. The molecule has 1 N–H and O–H groups in total. The first-order valence-electron chi connectivity index (χ1n) is 9.70. The summed E-state index contributed by atoms with van der Waals surface area (Å²) in [6.45, 7) is 11.9. The third kappa shape index (κ3) is 3.82. The minimum absolute atomic E-state index is 0.195. The molecule has 0 saturated carbocycles. The van der Waals surface area contributed by atoms with Crippen molar-refractivity contribution in [2.75, 3.05) is 11.0 Å². The Bertz CT molecular complexity index is 1330. The van der Waals surface area contributed by atoms with Crippen LogP contribution in [0.2, 0.25) is 0 Å².